The first-order chi connectivity index (χ1) is 26.5. The van der Waals surface area contributed by atoms with Crippen LogP contribution in [0.15, 0.2) is 52.9 Å². The van der Waals surface area contributed by atoms with Gasteiger partial charge in [-0.2, -0.15) is 5.26 Å². The standard InChI is InChI=1S/C43H46ClN7O4/c1-26-30(8-6-9-31(26)41-48-34-21-28(24-50-17-4-5-18-50)20-29(22-45)38(34)55-41)32-10-7-11-33(37(32)44)47-40(52)39-46-35-25-51(19-14-36(35)49(39)3)23-27-12-15-43(2,16-13-27)42(53)54/h6-11,20-21,27H,4-5,12-19,23-25H2,1-3H3,(H,47,52)(H,53,54). The summed E-state index contributed by atoms with van der Waals surface area (Å²) in [5.74, 6) is 0.194. The lowest BCUT2D eigenvalue weighted by Gasteiger charge is -2.37. The molecule has 1 aliphatic carbocycles. The largest absolute Gasteiger partial charge is 0.481 e. The second-order valence-electron chi connectivity index (χ2n) is 15.9. The van der Waals surface area contributed by atoms with Crippen LogP contribution in [0.25, 0.3) is 33.7 Å². The molecule has 11 nitrogen and oxygen atoms in total. The van der Waals surface area contributed by atoms with Gasteiger partial charge in [0.25, 0.3) is 5.91 Å². The fraction of sp³-hybridized carbons (Fsp3) is 0.419. The Labute approximate surface area is 325 Å². The number of fused-ring (bicyclic) bond motifs is 2. The van der Waals surface area contributed by atoms with Gasteiger partial charge in [-0.05, 0) is 112 Å². The molecule has 0 bridgehead atoms. The van der Waals surface area contributed by atoms with E-state index in [1.807, 2.05) is 67.9 Å². The minimum absolute atomic E-state index is 0.331. The number of oxazole rings is 1. The maximum absolute atomic E-state index is 13.8. The molecular weight excluding hydrogens is 714 g/mol. The van der Waals surface area contributed by atoms with Gasteiger partial charge >= 0.3 is 5.97 Å². The second-order valence-corrected chi connectivity index (χ2v) is 16.3. The molecule has 4 heterocycles. The van der Waals surface area contributed by atoms with Gasteiger partial charge in [-0.15, -0.1) is 0 Å². The Morgan fingerprint density at radius 2 is 1.76 bits per heavy atom. The fourth-order valence-corrected chi connectivity index (χ4v) is 9.05. The van der Waals surface area contributed by atoms with Crippen molar-refractivity contribution in [1.29, 1.82) is 5.26 Å². The molecule has 284 valence electrons. The predicted octanol–water partition coefficient (Wildman–Crippen LogP) is 8.22. The van der Waals surface area contributed by atoms with Crippen molar-refractivity contribution in [3.8, 4) is 28.7 Å². The molecule has 8 rings (SSSR count). The summed E-state index contributed by atoms with van der Waals surface area (Å²) in [6.07, 6.45) is 6.41. The molecule has 0 atom stereocenters. The molecule has 0 unspecified atom stereocenters. The first-order valence-electron chi connectivity index (χ1n) is 19.3. The number of carbonyl (C=O) groups excluding carboxylic acids is 1. The van der Waals surface area contributed by atoms with Crippen molar-refractivity contribution in [1.82, 2.24) is 24.3 Å². The zero-order chi connectivity index (χ0) is 38.4. The third-order valence-electron chi connectivity index (χ3n) is 12.2. The molecule has 1 amide bonds. The SMILES string of the molecule is Cc1c(-c2nc3cc(CN4CCCC4)cc(C#N)c3o2)cccc1-c1cccc(NC(=O)c2nc3c(n2C)CCN(CC2CCC(C)(C(=O)O)CC2)C3)c1Cl. The van der Waals surface area contributed by atoms with Crippen LogP contribution in [0, 0.1) is 29.6 Å². The Morgan fingerprint density at radius 1 is 1.04 bits per heavy atom. The summed E-state index contributed by atoms with van der Waals surface area (Å²) in [7, 11) is 1.89. The fourth-order valence-electron chi connectivity index (χ4n) is 8.77. The highest BCUT2D eigenvalue weighted by Gasteiger charge is 2.38. The van der Waals surface area contributed by atoms with Gasteiger partial charge in [0.05, 0.1) is 27.4 Å². The molecule has 12 heteroatoms. The summed E-state index contributed by atoms with van der Waals surface area (Å²) in [6.45, 7) is 9.20. The van der Waals surface area contributed by atoms with E-state index in [1.54, 1.807) is 6.07 Å². The van der Waals surface area contributed by atoms with Gasteiger partial charge in [-0.1, -0.05) is 35.9 Å². The molecule has 0 radical (unpaired) electrons. The number of amides is 1. The molecule has 5 aromatic rings. The normalized spacial score (nSPS) is 20.4. The van der Waals surface area contributed by atoms with Gasteiger partial charge in [-0.3, -0.25) is 19.4 Å². The lowest BCUT2D eigenvalue weighted by atomic mass is 9.71. The number of nitrogens with zero attached hydrogens (tertiary/aromatic N) is 6. The van der Waals surface area contributed by atoms with Crippen molar-refractivity contribution >= 4 is 40.3 Å². The van der Waals surface area contributed by atoms with Crippen molar-refractivity contribution in [3.63, 3.8) is 0 Å². The summed E-state index contributed by atoms with van der Waals surface area (Å²) < 4.78 is 8.15. The average molecular weight is 760 g/mol. The number of carboxylic acids is 1. The first-order valence-corrected chi connectivity index (χ1v) is 19.7. The van der Waals surface area contributed by atoms with Crippen LogP contribution in [0.5, 0.6) is 0 Å². The minimum atomic E-state index is -0.695. The topological polar surface area (TPSA) is 141 Å². The van der Waals surface area contributed by atoms with Crippen molar-refractivity contribution in [2.75, 3.05) is 31.5 Å². The number of nitriles is 1. The van der Waals surface area contributed by atoms with Crippen molar-refractivity contribution < 1.29 is 19.1 Å². The maximum Gasteiger partial charge on any atom is 0.309 e. The summed E-state index contributed by atoms with van der Waals surface area (Å²) in [4.78, 5) is 39.9. The third kappa shape index (κ3) is 7.15. The molecule has 2 fully saturated rings. The number of nitrogens with one attached hydrogen (secondary N) is 1. The lowest BCUT2D eigenvalue weighted by molar-refractivity contribution is -0.150. The number of hydrogen-bond donors (Lipinski definition) is 2. The molecular formula is C43H46ClN7O4. The van der Waals surface area contributed by atoms with Crippen LogP contribution < -0.4 is 5.32 Å². The number of hydrogen-bond acceptors (Lipinski definition) is 8. The number of carboxylic acid groups (broad SMARTS) is 1. The highest BCUT2D eigenvalue weighted by molar-refractivity contribution is 6.36. The second kappa shape index (κ2) is 14.9. The van der Waals surface area contributed by atoms with Crippen LogP contribution in [0.2, 0.25) is 5.02 Å². The number of carbonyl (C=O) groups is 2. The average Bonchev–Trinajstić information content (AvgIpc) is 3.93. The van der Waals surface area contributed by atoms with E-state index < -0.39 is 11.4 Å². The number of aromatic nitrogens is 3. The summed E-state index contributed by atoms with van der Waals surface area (Å²) >= 11 is 7.06. The monoisotopic (exact) mass is 759 g/mol. The van der Waals surface area contributed by atoms with E-state index in [9.17, 15) is 20.0 Å². The van der Waals surface area contributed by atoms with E-state index in [-0.39, 0.29) is 5.91 Å². The van der Waals surface area contributed by atoms with Crippen LogP contribution in [0.4, 0.5) is 5.69 Å². The van der Waals surface area contributed by atoms with Crippen LogP contribution in [0.3, 0.4) is 0 Å². The number of halogens is 1. The molecule has 2 N–H and O–H groups in total. The number of anilines is 1. The van der Waals surface area contributed by atoms with Gasteiger partial charge in [-0.25, -0.2) is 9.97 Å². The third-order valence-corrected chi connectivity index (χ3v) is 12.6. The minimum Gasteiger partial charge on any atom is -0.481 e. The van der Waals surface area contributed by atoms with E-state index in [0.29, 0.717) is 64.4 Å². The molecule has 0 spiro atoms. The molecule has 2 aromatic heterocycles. The Bertz CT molecular complexity index is 2340. The molecule has 1 saturated heterocycles. The van der Waals surface area contributed by atoms with E-state index in [1.165, 1.54) is 12.8 Å². The smallest absolute Gasteiger partial charge is 0.309 e. The Hall–Kier alpha value is -5.02. The van der Waals surface area contributed by atoms with E-state index in [0.717, 1.165) is 91.2 Å². The summed E-state index contributed by atoms with van der Waals surface area (Å²) in [5.41, 5.74) is 7.81. The van der Waals surface area contributed by atoms with Gasteiger partial charge in [0.1, 0.15) is 11.6 Å². The number of rotatable bonds is 9. The number of likely N-dealkylation sites (tertiary alicyclic amines) is 1. The number of aliphatic carboxylic acids is 1. The summed E-state index contributed by atoms with van der Waals surface area (Å²) in [6, 6.07) is 17.7. The predicted molar refractivity (Wildman–Crippen MR) is 212 cm³/mol. The highest BCUT2D eigenvalue weighted by atomic mass is 35.5. The van der Waals surface area contributed by atoms with Gasteiger partial charge in [0.2, 0.25) is 5.89 Å². The van der Waals surface area contributed by atoms with E-state index in [2.05, 4.69) is 21.2 Å². The van der Waals surface area contributed by atoms with Gasteiger partial charge in [0, 0.05) is 56.5 Å². The van der Waals surface area contributed by atoms with Crippen LogP contribution in [-0.4, -0.2) is 67.5 Å². The summed E-state index contributed by atoms with van der Waals surface area (Å²) in [5, 5.41) is 23.0. The molecule has 1 saturated carbocycles. The number of benzene rings is 3. The van der Waals surface area contributed by atoms with Gasteiger partial charge < -0.3 is 19.4 Å². The lowest BCUT2D eigenvalue weighted by Crippen LogP contribution is -2.39. The Kier molecular flexibility index (Phi) is 10.0. The van der Waals surface area contributed by atoms with Gasteiger partial charge in [0.15, 0.2) is 11.4 Å². The maximum atomic E-state index is 13.8. The van der Waals surface area contributed by atoms with Crippen molar-refractivity contribution in [3.05, 3.63) is 87.5 Å². The van der Waals surface area contributed by atoms with E-state index in [4.69, 9.17) is 26.0 Å². The zero-order valence-corrected chi connectivity index (χ0v) is 32.4. The molecule has 3 aliphatic rings. The molecule has 55 heavy (non-hydrogen) atoms. The first kappa shape index (κ1) is 36.9. The molecule has 3 aromatic carbocycles. The Morgan fingerprint density at radius 3 is 2.51 bits per heavy atom. The van der Waals surface area contributed by atoms with Crippen LogP contribution >= 0.6 is 11.6 Å². The van der Waals surface area contributed by atoms with Crippen molar-refractivity contribution in [2.24, 2.45) is 18.4 Å². The number of imidazole rings is 1. The Balaban J connectivity index is 0.991. The highest BCUT2D eigenvalue weighted by Crippen LogP contribution is 2.41. The zero-order valence-electron chi connectivity index (χ0n) is 31.6. The van der Waals surface area contributed by atoms with E-state index >= 15 is 0 Å². The van der Waals surface area contributed by atoms with Crippen LogP contribution in [-0.2, 0) is 31.4 Å². The van der Waals surface area contributed by atoms with Crippen LogP contribution in [0.1, 0.15) is 84.1 Å². The molecule has 2 aliphatic heterocycles. The van der Waals surface area contributed by atoms with Crippen molar-refractivity contribution in [2.45, 2.75) is 71.9 Å². The quantitative estimate of drug-likeness (QED) is 0.152.